The second kappa shape index (κ2) is 3.45. The van der Waals surface area contributed by atoms with Crippen molar-refractivity contribution in [3.63, 3.8) is 0 Å². The number of ketones is 1. The van der Waals surface area contributed by atoms with Gasteiger partial charge in [0.25, 0.3) is 0 Å². The Bertz CT molecular complexity index is 737. The highest BCUT2D eigenvalue weighted by Crippen LogP contribution is 2.30. The molecule has 0 saturated carbocycles. The molecule has 3 rings (SSSR count). The van der Waals surface area contributed by atoms with Crippen LogP contribution >= 0.6 is 0 Å². The molecule has 0 aliphatic rings. The van der Waals surface area contributed by atoms with E-state index < -0.39 is 0 Å². The molecule has 2 heteroatoms. The third-order valence-electron chi connectivity index (χ3n) is 3.31. The van der Waals surface area contributed by atoms with Gasteiger partial charge in [-0.1, -0.05) is 30.3 Å². The van der Waals surface area contributed by atoms with Gasteiger partial charge < -0.3 is 4.57 Å². The number of hydrogen-bond acceptors (Lipinski definition) is 1. The Labute approximate surface area is 99.5 Å². The lowest BCUT2D eigenvalue weighted by atomic mass is 10.1. The van der Waals surface area contributed by atoms with Gasteiger partial charge in [-0.3, -0.25) is 4.79 Å². The van der Waals surface area contributed by atoms with Crippen molar-refractivity contribution in [2.45, 2.75) is 6.92 Å². The fourth-order valence-corrected chi connectivity index (χ4v) is 2.52. The second-order valence-electron chi connectivity index (χ2n) is 4.33. The second-order valence-corrected chi connectivity index (χ2v) is 4.33. The summed E-state index contributed by atoms with van der Waals surface area (Å²) in [5, 5.41) is 2.35. The van der Waals surface area contributed by atoms with E-state index in [4.69, 9.17) is 0 Å². The fraction of sp³-hybridized carbons (Fsp3) is 0.133. The van der Waals surface area contributed by atoms with E-state index in [0.717, 1.165) is 22.0 Å². The average Bonchev–Trinajstić information content (AvgIpc) is 2.64. The van der Waals surface area contributed by atoms with Crippen LogP contribution in [0.3, 0.4) is 0 Å². The van der Waals surface area contributed by atoms with Gasteiger partial charge >= 0.3 is 0 Å². The van der Waals surface area contributed by atoms with Crippen LogP contribution in [0.1, 0.15) is 17.3 Å². The number of rotatable bonds is 1. The largest absolute Gasteiger partial charge is 0.343 e. The molecule has 0 atom stereocenters. The summed E-state index contributed by atoms with van der Waals surface area (Å²) in [5.74, 6) is 0.113. The Kier molecular flexibility index (Phi) is 2.05. The molecule has 1 aromatic heterocycles. The number of fused-ring (bicyclic) bond motifs is 3. The zero-order chi connectivity index (χ0) is 12.0. The van der Waals surface area contributed by atoms with Gasteiger partial charge in [0.1, 0.15) is 0 Å². The van der Waals surface area contributed by atoms with Crippen LogP contribution in [0.15, 0.2) is 42.5 Å². The van der Waals surface area contributed by atoms with Crippen LogP contribution in [0.4, 0.5) is 0 Å². The van der Waals surface area contributed by atoms with E-state index in [-0.39, 0.29) is 5.78 Å². The Hall–Kier alpha value is -2.09. The lowest BCUT2D eigenvalue weighted by Gasteiger charge is -2.02. The molecule has 0 spiro atoms. The van der Waals surface area contributed by atoms with Gasteiger partial charge in [0.15, 0.2) is 5.78 Å². The van der Waals surface area contributed by atoms with E-state index in [0.29, 0.717) is 0 Å². The molecule has 17 heavy (non-hydrogen) atoms. The van der Waals surface area contributed by atoms with Crippen molar-refractivity contribution in [1.82, 2.24) is 4.57 Å². The third kappa shape index (κ3) is 1.30. The number of para-hydroxylation sites is 2. The molecule has 0 radical (unpaired) electrons. The first-order chi connectivity index (χ1) is 8.20. The lowest BCUT2D eigenvalue weighted by molar-refractivity contribution is 0.101. The SMILES string of the molecule is CC(=O)c1cccc2c3ccccc3n(C)c12. The van der Waals surface area contributed by atoms with Crippen molar-refractivity contribution in [3.05, 3.63) is 48.0 Å². The third-order valence-corrected chi connectivity index (χ3v) is 3.31. The molecule has 84 valence electrons. The fourth-order valence-electron chi connectivity index (χ4n) is 2.52. The van der Waals surface area contributed by atoms with E-state index in [9.17, 15) is 4.79 Å². The van der Waals surface area contributed by atoms with Crippen LogP contribution in [0, 0.1) is 0 Å². The van der Waals surface area contributed by atoms with Gasteiger partial charge in [-0.05, 0) is 19.1 Å². The molecule has 0 saturated heterocycles. The summed E-state index contributed by atoms with van der Waals surface area (Å²) >= 11 is 0. The summed E-state index contributed by atoms with van der Waals surface area (Å²) in [7, 11) is 2.01. The van der Waals surface area contributed by atoms with Crippen LogP contribution in [0.2, 0.25) is 0 Å². The van der Waals surface area contributed by atoms with E-state index in [1.807, 2.05) is 31.3 Å². The first-order valence-corrected chi connectivity index (χ1v) is 5.67. The summed E-state index contributed by atoms with van der Waals surface area (Å²) in [5.41, 5.74) is 2.98. The van der Waals surface area contributed by atoms with Crippen LogP contribution in [0.5, 0.6) is 0 Å². The predicted molar refractivity (Wildman–Crippen MR) is 70.4 cm³/mol. The standard InChI is InChI=1S/C15H13NO/c1-10(17)11-7-5-8-13-12-6-3-4-9-14(12)16(2)15(11)13/h3-9H,1-2H3. The number of hydrogen-bond donors (Lipinski definition) is 0. The minimum atomic E-state index is 0.113. The number of benzene rings is 2. The van der Waals surface area contributed by atoms with Crippen LogP contribution in [0.25, 0.3) is 21.8 Å². The van der Waals surface area contributed by atoms with Crippen molar-refractivity contribution >= 4 is 27.6 Å². The minimum Gasteiger partial charge on any atom is -0.343 e. The van der Waals surface area contributed by atoms with Crippen molar-refractivity contribution in [2.75, 3.05) is 0 Å². The molecule has 3 aromatic rings. The lowest BCUT2D eigenvalue weighted by Crippen LogP contribution is -1.97. The van der Waals surface area contributed by atoms with Crippen LogP contribution < -0.4 is 0 Å². The number of aromatic nitrogens is 1. The van der Waals surface area contributed by atoms with Gasteiger partial charge in [-0.15, -0.1) is 0 Å². The maximum absolute atomic E-state index is 11.7. The zero-order valence-corrected chi connectivity index (χ0v) is 9.90. The Morgan fingerprint density at radius 2 is 1.71 bits per heavy atom. The molecule has 0 bridgehead atoms. The molecule has 0 aliphatic carbocycles. The van der Waals surface area contributed by atoms with E-state index >= 15 is 0 Å². The molecule has 0 N–H and O–H groups in total. The summed E-state index contributed by atoms with van der Waals surface area (Å²) in [4.78, 5) is 11.7. The average molecular weight is 223 g/mol. The zero-order valence-electron chi connectivity index (χ0n) is 9.90. The quantitative estimate of drug-likeness (QED) is 0.578. The maximum Gasteiger partial charge on any atom is 0.161 e. The summed E-state index contributed by atoms with van der Waals surface area (Å²) in [6, 6.07) is 14.1. The maximum atomic E-state index is 11.7. The summed E-state index contributed by atoms with van der Waals surface area (Å²) in [6.07, 6.45) is 0. The number of carbonyl (C=O) groups is 1. The Morgan fingerprint density at radius 3 is 2.47 bits per heavy atom. The minimum absolute atomic E-state index is 0.113. The molecule has 0 amide bonds. The Morgan fingerprint density at radius 1 is 1.00 bits per heavy atom. The number of aryl methyl sites for hydroxylation is 1. The number of nitrogens with zero attached hydrogens (tertiary/aromatic N) is 1. The van der Waals surface area contributed by atoms with Gasteiger partial charge in [0, 0.05) is 28.9 Å². The highest BCUT2D eigenvalue weighted by atomic mass is 16.1. The summed E-state index contributed by atoms with van der Waals surface area (Å²) in [6.45, 7) is 1.62. The predicted octanol–water partition coefficient (Wildman–Crippen LogP) is 3.53. The smallest absolute Gasteiger partial charge is 0.161 e. The number of Topliss-reactive ketones (excluding diaryl/α,β-unsaturated/α-hetero) is 1. The van der Waals surface area contributed by atoms with Crippen LogP contribution in [-0.4, -0.2) is 10.4 Å². The summed E-state index contributed by atoms with van der Waals surface area (Å²) < 4.78 is 2.10. The van der Waals surface area contributed by atoms with Crippen LogP contribution in [-0.2, 0) is 7.05 Å². The molecular weight excluding hydrogens is 210 g/mol. The molecular formula is C15H13NO. The number of carbonyl (C=O) groups excluding carboxylic acids is 1. The molecule has 0 fully saturated rings. The van der Waals surface area contributed by atoms with Gasteiger partial charge in [0.05, 0.1) is 5.52 Å². The first kappa shape index (κ1) is 10.1. The highest BCUT2D eigenvalue weighted by Gasteiger charge is 2.12. The van der Waals surface area contributed by atoms with Crippen molar-refractivity contribution < 1.29 is 4.79 Å². The monoisotopic (exact) mass is 223 g/mol. The molecule has 2 nitrogen and oxygen atoms in total. The van der Waals surface area contributed by atoms with E-state index in [2.05, 4.69) is 22.8 Å². The van der Waals surface area contributed by atoms with Crippen molar-refractivity contribution in [3.8, 4) is 0 Å². The topological polar surface area (TPSA) is 22.0 Å². The molecule has 0 unspecified atom stereocenters. The van der Waals surface area contributed by atoms with Crippen molar-refractivity contribution in [1.29, 1.82) is 0 Å². The normalized spacial score (nSPS) is 11.2. The van der Waals surface area contributed by atoms with E-state index in [1.165, 1.54) is 5.39 Å². The van der Waals surface area contributed by atoms with Gasteiger partial charge in [0.2, 0.25) is 0 Å². The van der Waals surface area contributed by atoms with Crippen molar-refractivity contribution in [2.24, 2.45) is 7.05 Å². The van der Waals surface area contributed by atoms with Gasteiger partial charge in [-0.2, -0.15) is 0 Å². The first-order valence-electron chi connectivity index (χ1n) is 5.67. The van der Waals surface area contributed by atoms with Gasteiger partial charge in [-0.25, -0.2) is 0 Å². The molecule has 0 aliphatic heterocycles. The Balaban J connectivity index is 2.61. The highest BCUT2D eigenvalue weighted by molar-refractivity contribution is 6.15. The molecule has 1 heterocycles. The molecule has 2 aromatic carbocycles. The van der Waals surface area contributed by atoms with E-state index in [1.54, 1.807) is 6.92 Å².